The Morgan fingerprint density at radius 1 is 1.00 bits per heavy atom. The number of nitrogens with one attached hydrogen (secondary N) is 3. The summed E-state index contributed by atoms with van der Waals surface area (Å²) >= 11 is 0. The lowest BCUT2D eigenvalue weighted by Gasteiger charge is -2.24. The molecule has 8 nitrogen and oxygen atoms in total. The van der Waals surface area contributed by atoms with E-state index in [4.69, 9.17) is 4.74 Å². The zero-order valence-electron chi connectivity index (χ0n) is 19.7. The van der Waals surface area contributed by atoms with Gasteiger partial charge in [-0.2, -0.15) is 0 Å². The summed E-state index contributed by atoms with van der Waals surface area (Å²) in [6, 6.07) is 20.7. The van der Waals surface area contributed by atoms with E-state index in [1.165, 1.54) is 11.1 Å². The maximum absolute atomic E-state index is 13.4. The minimum atomic E-state index is -0.989. The van der Waals surface area contributed by atoms with Gasteiger partial charge in [0.1, 0.15) is 6.61 Å². The van der Waals surface area contributed by atoms with Gasteiger partial charge in [-0.15, -0.1) is 0 Å². The minimum Gasteiger partial charge on any atom is -0.445 e. The van der Waals surface area contributed by atoms with Crippen LogP contribution in [0.5, 0.6) is 0 Å². The lowest BCUT2D eigenvalue weighted by atomic mass is 9.78. The number of rotatable bonds is 4. The van der Waals surface area contributed by atoms with Gasteiger partial charge >= 0.3 is 6.09 Å². The summed E-state index contributed by atoms with van der Waals surface area (Å²) in [5.74, 6) is -0.474. The van der Waals surface area contributed by atoms with Gasteiger partial charge in [0.2, 0.25) is 5.91 Å². The number of benzene rings is 3. The number of hydrogen-bond donors (Lipinski definition) is 3. The Morgan fingerprint density at radius 2 is 1.83 bits per heavy atom. The lowest BCUT2D eigenvalue weighted by molar-refractivity contribution is -0.120. The smallest absolute Gasteiger partial charge is 0.410 e. The fourth-order valence-electron chi connectivity index (χ4n) is 5.45. The predicted octanol–water partition coefficient (Wildman–Crippen LogP) is 3.77. The highest BCUT2D eigenvalue weighted by molar-refractivity contribution is 6.14. The van der Waals surface area contributed by atoms with Crippen molar-refractivity contribution >= 4 is 29.3 Å². The van der Waals surface area contributed by atoms with E-state index in [0.717, 1.165) is 18.7 Å². The number of hydrogen-bond acceptors (Lipinski definition) is 5. The third-order valence-electron chi connectivity index (χ3n) is 7.30. The fourth-order valence-corrected chi connectivity index (χ4v) is 5.45. The molecule has 3 amide bonds. The molecule has 0 saturated carbocycles. The van der Waals surface area contributed by atoms with Crippen molar-refractivity contribution < 1.29 is 19.1 Å². The quantitative estimate of drug-likeness (QED) is 0.526. The molecule has 0 bridgehead atoms. The van der Waals surface area contributed by atoms with Gasteiger partial charge in [0.05, 0.1) is 5.41 Å². The van der Waals surface area contributed by atoms with E-state index in [9.17, 15) is 14.4 Å². The second kappa shape index (κ2) is 8.80. The average molecular weight is 483 g/mol. The van der Waals surface area contributed by atoms with Crippen LogP contribution in [0, 0.1) is 0 Å². The van der Waals surface area contributed by atoms with Crippen molar-refractivity contribution in [2.75, 3.05) is 23.7 Å². The van der Waals surface area contributed by atoms with Crippen molar-refractivity contribution in [3.8, 4) is 0 Å². The Morgan fingerprint density at radius 3 is 2.69 bits per heavy atom. The second-order valence-corrected chi connectivity index (χ2v) is 9.52. The van der Waals surface area contributed by atoms with E-state index in [2.05, 4.69) is 16.0 Å². The first-order chi connectivity index (χ1) is 17.5. The summed E-state index contributed by atoms with van der Waals surface area (Å²) < 4.78 is 5.50. The number of likely N-dealkylation sites (tertiary alicyclic amines) is 1. The topological polar surface area (TPSA) is 99.8 Å². The normalized spacial score (nSPS) is 19.7. The molecule has 1 spiro atoms. The number of fused-ring (bicyclic) bond motifs is 3. The highest BCUT2D eigenvalue weighted by Crippen LogP contribution is 2.46. The van der Waals surface area contributed by atoms with Gasteiger partial charge in [0.25, 0.3) is 5.91 Å². The van der Waals surface area contributed by atoms with Crippen LogP contribution in [0.15, 0.2) is 66.7 Å². The Bertz CT molecular complexity index is 1370. The Kier molecular flexibility index (Phi) is 5.45. The molecule has 0 radical (unpaired) electrons. The molecule has 0 aliphatic carbocycles. The molecule has 3 aromatic rings. The molecule has 182 valence electrons. The molecule has 6 rings (SSSR count). The van der Waals surface area contributed by atoms with Crippen LogP contribution in [0.2, 0.25) is 0 Å². The van der Waals surface area contributed by atoms with Crippen LogP contribution in [-0.4, -0.2) is 35.9 Å². The summed E-state index contributed by atoms with van der Waals surface area (Å²) in [7, 11) is 0. The molecule has 1 atom stereocenters. The van der Waals surface area contributed by atoms with E-state index < -0.39 is 11.5 Å². The highest BCUT2D eigenvalue weighted by Gasteiger charge is 2.54. The van der Waals surface area contributed by atoms with Crippen LogP contribution in [0.4, 0.5) is 16.2 Å². The molecular weight excluding hydrogens is 456 g/mol. The van der Waals surface area contributed by atoms with Crippen molar-refractivity contribution in [2.24, 2.45) is 0 Å². The zero-order chi connectivity index (χ0) is 24.7. The van der Waals surface area contributed by atoms with Gasteiger partial charge in [0, 0.05) is 48.7 Å². The van der Waals surface area contributed by atoms with E-state index in [-0.39, 0.29) is 25.0 Å². The Labute approximate surface area is 208 Å². The molecule has 36 heavy (non-hydrogen) atoms. The lowest BCUT2D eigenvalue weighted by Crippen LogP contribution is -2.40. The number of ether oxygens (including phenoxy) is 1. The largest absolute Gasteiger partial charge is 0.445 e. The van der Waals surface area contributed by atoms with Gasteiger partial charge in [-0.05, 0) is 47.4 Å². The molecule has 1 fully saturated rings. The average Bonchev–Trinajstić information content (AvgIpc) is 3.61. The van der Waals surface area contributed by atoms with Crippen LogP contribution in [0.25, 0.3) is 0 Å². The number of anilines is 2. The molecule has 0 aromatic heterocycles. The molecule has 3 heterocycles. The molecule has 8 heteroatoms. The number of carbonyl (C=O) groups excluding carboxylic acids is 3. The Hall–Kier alpha value is -4.17. The number of amides is 3. The first-order valence-electron chi connectivity index (χ1n) is 12.1. The Balaban J connectivity index is 1.23. The van der Waals surface area contributed by atoms with Gasteiger partial charge in [-0.25, -0.2) is 4.79 Å². The number of carbonyl (C=O) groups is 3. The molecule has 0 unspecified atom stereocenters. The van der Waals surface area contributed by atoms with E-state index in [0.29, 0.717) is 35.5 Å². The van der Waals surface area contributed by atoms with E-state index >= 15 is 0 Å². The summed E-state index contributed by atoms with van der Waals surface area (Å²) in [6.45, 7) is 2.30. The van der Waals surface area contributed by atoms with Crippen molar-refractivity contribution in [2.45, 2.75) is 31.5 Å². The molecule has 3 aliphatic heterocycles. The zero-order valence-corrected chi connectivity index (χ0v) is 19.7. The third kappa shape index (κ3) is 3.79. The molecule has 3 aromatic carbocycles. The monoisotopic (exact) mass is 482 g/mol. The third-order valence-corrected chi connectivity index (χ3v) is 7.30. The molecule has 1 saturated heterocycles. The van der Waals surface area contributed by atoms with Gasteiger partial charge < -0.3 is 25.6 Å². The van der Waals surface area contributed by atoms with Crippen molar-refractivity contribution in [3.63, 3.8) is 0 Å². The van der Waals surface area contributed by atoms with Gasteiger partial charge in [0.15, 0.2) is 0 Å². The standard InChI is InChI=1S/C28H26N4O4/c33-25(30-21-10-9-19-14-29-15-20(19)13-21)22-7-4-8-23-24(22)28(26(34)31-23)11-12-32(17-28)27(35)36-16-18-5-2-1-3-6-18/h1-10,13,29H,11-12,14-17H2,(H,30,33)(H,31,34)/t28-/m1/s1. The summed E-state index contributed by atoms with van der Waals surface area (Å²) in [5.41, 5.74) is 4.71. The van der Waals surface area contributed by atoms with Gasteiger partial charge in [-0.1, -0.05) is 42.5 Å². The van der Waals surface area contributed by atoms with Crippen molar-refractivity contribution in [1.82, 2.24) is 10.2 Å². The van der Waals surface area contributed by atoms with E-state index in [1.807, 2.05) is 48.5 Å². The predicted molar refractivity (Wildman–Crippen MR) is 135 cm³/mol. The first kappa shape index (κ1) is 22.3. The van der Waals surface area contributed by atoms with Crippen LogP contribution in [-0.2, 0) is 34.6 Å². The first-order valence-corrected chi connectivity index (χ1v) is 12.1. The van der Waals surface area contributed by atoms with Gasteiger partial charge in [-0.3, -0.25) is 9.59 Å². The molecule has 3 aliphatic rings. The molecular formula is C28H26N4O4. The van der Waals surface area contributed by atoms with E-state index in [1.54, 1.807) is 23.1 Å². The second-order valence-electron chi connectivity index (χ2n) is 9.52. The summed E-state index contributed by atoms with van der Waals surface area (Å²) in [4.78, 5) is 41.0. The van der Waals surface area contributed by atoms with Crippen LogP contribution >= 0.6 is 0 Å². The maximum atomic E-state index is 13.4. The molecule has 3 N–H and O–H groups in total. The van der Waals surface area contributed by atoms with Crippen molar-refractivity contribution in [1.29, 1.82) is 0 Å². The minimum absolute atomic E-state index is 0.161. The van der Waals surface area contributed by atoms with Crippen LogP contribution in [0.1, 0.15) is 39.0 Å². The SMILES string of the molecule is O=C(Nc1ccc2c(c1)CNC2)c1cccc2c1[C@]1(CCN(C(=O)OCc3ccccc3)C1)C(=O)N2. The van der Waals surface area contributed by atoms with Crippen LogP contribution in [0.3, 0.4) is 0 Å². The number of nitrogens with zero attached hydrogens (tertiary/aromatic N) is 1. The highest BCUT2D eigenvalue weighted by atomic mass is 16.6. The maximum Gasteiger partial charge on any atom is 0.410 e. The summed E-state index contributed by atoms with van der Waals surface area (Å²) in [5, 5.41) is 9.24. The van der Waals surface area contributed by atoms with Crippen molar-refractivity contribution in [3.05, 3.63) is 94.5 Å². The fraction of sp³-hybridized carbons (Fsp3) is 0.250. The summed E-state index contributed by atoms with van der Waals surface area (Å²) in [6.07, 6.45) is -0.0492. The van der Waals surface area contributed by atoms with Crippen LogP contribution < -0.4 is 16.0 Å².